The number of nitrogens with zero attached hydrogens (tertiary/aromatic N) is 1. The van der Waals surface area contributed by atoms with Crippen molar-refractivity contribution in [2.75, 3.05) is 6.54 Å². The zero-order valence-corrected chi connectivity index (χ0v) is 14.4. The van der Waals surface area contributed by atoms with E-state index in [0.717, 1.165) is 42.6 Å². The predicted octanol–water partition coefficient (Wildman–Crippen LogP) is 3.33. The summed E-state index contributed by atoms with van der Waals surface area (Å²) >= 11 is 3.39. The van der Waals surface area contributed by atoms with Crippen molar-refractivity contribution in [3.63, 3.8) is 0 Å². The molecule has 2 rings (SSSR count). The van der Waals surface area contributed by atoms with Gasteiger partial charge in [-0.15, -0.1) is 0 Å². The lowest BCUT2D eigenvalue weighted by atomic mass is 9.78. The number of aryl methyl sites for hydroxylation is 1. The highest BCUT2D eigenvalue weighted by Crippen LogP contribution is 2.33. The first-order valence-corrected chi connectivity index (χ1v) is 8.63. The summed E-state index contributed by atoms with van der Waals surface area (Å²) in [6.45, 7) is 5.29. The maximum absolute atomic E-state index is 12.3. The minimum absolute atomic E-state index is 0.117. The molecule has 1 saturated carbocycles. The van der Waals surface area contributed by atoms with Crippen LogP contribution in [-0.4, -0.2) is 27.7 Å². The molecule has 0 saturated heterocycles. The summed E-state index contributed by atoms with van der Waals surface area (Å²) in [6, 6.07) is 1.82. The zero-order valence-electron chi connectivity index (χ0n) is 12.9. The van der Waals surface area contributed by atoms with Crippen LogP contribution in [0.15, 0.2) is 16.7 Å². The van der Waals surface area contributed by atoms with Crippen LogP contribution in [0.25, 0.3) is 0 Å². The number of halogens is 1. The molecular formula is C16H25BrN2O2. The van der Waals surface area contributed by atoms with Crippen molar-refractivity contribution in [3.8, 4) is 0 Å². The molecule has 21 heavy (non-hydrogen) atoms. The van der Waals surface area contributed by atoms with E-state index in [1.54, 1.807) is 0 Å². The van der Waals surface area contributed by atoms with Gasteiger partial charge in [0.25, 0.3) is 5.91 Å². The number of nitrogens with one attached hydrogen (secondary N) is 1. The number of hydrogen-bond acceptors (Lipinski definition) is 2. The van der Waals surface area contributed by atoms with Gasteiger partial charge < -0.3 is 15.0 Å². The lowest BCUT2D eigenvalue weighted by Gasteiger charge is -2.35. The Morgan fingerprint density at radius 3 is 2.71 bits per heavy atom. The summed E-state index contributed by atoms with van der Waals surface area (Å²) in [7, 11) is 0. The van der Waals surface area contributed by atoms with E-state index in [1.807, 2.05) is 23.8 Å². The summed E-state index contributed by atoms with van der Waals surface area (Å²) in [5.74, 6) is 0.614. The molecule has 1 fully saturated rings. The van der Waals surface area contributed by atoms with Crippen molar-refractivity contribution in [2.24, 2.45) is 5.92 Å². The summed E-state index contributed by atoms with van der Waals surface area (Å²) in [6.07, 6.45) is 6.75. The van der Waals surface area contributed by atoms with E-state index in [4.69, 9.17) is 0 Å². The molecular weight excluding hydrogens is 332 g/mol. The quantitative estimate of drug-likeness (QED) is 0.849. The van der Waals surface area contributed by atoms with Gasteiger partial charge in [0.2, 0.25) is 0 Å². The Bertz CT molecular complexity index is 490. The van der Waals surface area contributed by atoms with Gasteiger partial charge in [0.05, 0.1) is 5.60 Å². The smallest absolute Gasteiger partial charge is 0.268 e. The van der Waals surface area contributed by atoms with E-state index in [9.17, 15) is 9.90 Å². The molecule has 1 aliphatic rings. The predicted molar refractivity (Wildman–Crippen MR) is 87.3 cm³/mol. The second-order valence-electron chi connectivity index (χ2n) is 6.09. The number of rotatable bonds is 5. The Hall–Kier alpha value is -0.810. The van der Waals surface area contributed by atoms with Crippen LogP contribution < -0.4 is 5.32 Å². The first kappa shape index (κ1) is 16.6. The number of aromatic nitrogens is 1. The molecule has 0 radical (unpaired) electrons. The normalized spacial score (nSPS) is 25.8. The highest BCUT2D eigenvalue weighted by molar-refractivity contribution is 9.10. The van der Waals surface area contributed by atoms with Crippen LogP contribution in [0.1, 0.15) is 56.4 Å². The molecule has 2 N–H and O–H groups in total. The average molecular weight is 357 g/mol. The Morgan fingerprint density at radius 2 is 2.14 bits per heavy atom. The molecule has 4 nitrogen and oxygen atoms in total. The van der Waals surface area contributed by atoms with Gasteiger partial charge in [0, 0.05) is 23.8 Å². The molecule has 0 bridgehead atoms. The fourth-order valence-electron chi connectivity index (χ4n) is 3.06. The van der Waals surface area contributed by atoms with Gasteiger partial charge in [-0.05, 0) is 60.5 Å². The van der Waals surface area contributed by atoms with Crippen LogP contribution >= 0.6 is 15.9 Å². The van der Waals surface area contributed by atoms with E-state index in [-0.39, 0.29) is 5.91 Å². The first-order chi connectivity index (χ1) is 9.97. The van der Waals surface area contributed by atoms with E-state index in [2.05, 4.69) is 28.2 Å². The average Bonchev–Trinajstić information content (AvgIpc) is 2.87. The van der Waals surface area contributed by atoms with Gasteiger partial charge in [-0.3, -0.25) is 4.79 Å². The van der Waals surface area contributed by atoms with Crippen molar-refractivity contribution >= 4 is 21.8 Å². The second-order valence-corrected chi connectivity index (χ2v) is 7.00. The lowest BCUT2D eigenvalue weighted by molar-refractivity contribution is -0.00793. The number of carbonyl (C=O) groups is 1. The molecule has 0 aliphatic heterocycles. The van der Waals surface area contributed by atoms with Crippen molar-refractivity contribution in [1.82, 2.24) is 9.88 Å². The fraction of sp³-hybridized carbons (Fsp3) is 0.688. The number of hydrogen-bond donors (Lipinski definition) is 2. The van der Waals surface area contributed by atoms with Gasteiger partial charge in [0.15, 0.2) is 0 Å². The van der Waals surface area contributed by atoms with E-state index >= 15 is 0 Å². The van der Waals surface area contributed by atoms with Crippen molar-refractivity contribution in [1.29, 1.82) is 0 Å². The molecule has 1 aliphatic carbocycles. The number of carbonyl (C=O) groups excluding carboxylic acids is 1. The van der Waals surface area contributed by atoms with Crippen LogP contribution in [0.3, 0.4) is 0 Å². The van der Waals surface area contributed by atoms with Crippen molar-refractivity contribution in [2.45, 2.75) is 58.1 Å². The largest absolute Gasteiger partial charge is 0.388 e. The highest BCUT2D eigenvalue weighted by Gasteiger charge is 2.33. The minimum Gasteiger partial charge on any atom is -0.388 e. The molecule has 118 valence electrons. The van der Waals surface area contributed by atoms with Crippen molar-refractivity contribution in [3.05, 3.63) is 22.4 Å². The third kappa shape index (κ3) is 4.10. The zero-order chi connectivity index (χ0) is 15.5. The van der Waals surface area contributed by atoms with Crippen LogP contribution in [0.4, 0.5) is 0 Å². The van der Waals surface area contributed by atoms with Gasteiger partial charge in [-0.25, -0.2) is 0 Å². The number of aliphatic hydroxyl groups is 1. The topological polar surface area (TPSA) is 54.3 Å². The molecule has 0 aromatic carbocycles. The van der Waals surface area contributed by atoms with Gasteiger partial charge >= 0.3 is 0 Å². The Morgan fingerprint density at radius 1 is 1.48 bits per heavy atom. The molecule has 0 spiro atoms. The van der Waals surface area contributed by atoms with E-state index < -0.39 is 5.60 Å². The standard InChI is InChI=1S/C16H25BrN2O2/c1-3-12-5-7-16(21,8-6-12)11-18-15(20)14-9-13(17)10-19(14)4-2/h9-10,12,21H,3-8,11H2,1-2H3,(H,18,20). The van der Waals surface area contributed by atoms with Crippen LogP contribution in [0, 0.1) is 5.92 Å². The van der Waals surface area contributed by atoms with E-state index in [0.29, 0.717) is 12.2 Å². The monoisotopic (exact) mass is 356 g/mol. The first-order valence-electron chi connectivity index (χ1n) is 7.83. The summed E-state index contributed by atoms with van der Waals surface area (Å²) in [5.41, 5.74) is -0.0995. The van der Waals surface area contributed by atoms with Crippen LogP contribution in [-0.2, 0) is 6.54 Å². The molecule has 1 aromatic rings. The third-order valence-electron chi connectivity index (χ3n) is 4.63. The lowest BCUT2D eigenvalue weighted by Crippen LogP contribution is -2.45. The Labute approximate surface area is 135 Å². The second kappa shape index (κ2) is 6.97. The third-order valence-corrected chi connectivity index (χ3v) is 5.06. The van der Waals surface area contributed by atoms with Gasteiger partial charge in [-0.2, -0.15) is 0 Å². The molecule has 1 aromatic heterocycles. The minimum atomic E-state index is -0.734. The highest BCUT2D eigenvalue weighted by atomic mass is 79.9. The SMILES string of the molecule is CCC1CCC(O)(CNC(=O)c2cc(Br)cn2CC)CC1. The molecule has 1 heterocycles. The number of amides is 1. The Balaban J connectivity index is 1.92. The van der Waals surface area contributed by atoms with Gasteiger partial charge in [-0.1, -0.05) is 13.3 Å². The summed E-state index contributed by atoms with van der Waals surface area (Å²) in [5, 5.41) is 13.5. The molecule has 5 heteroatoms. The van der Waals surface area contributed by atoms with Crippen LogP contribution in [0.5, 0.6) is 0 Å². The summed E-state index contributed by atoms with van der Waals surface area (Å²) in [4.78, 5) is 12.3. The maximum atomic E-state index is 12.3. The summed E-state index contributed by atoms with van der Waals surface area (Å²) < 4.78 is 2.80. The fourth-order valence-corrected chi connectivity index (χ4v) is 3.53. The van der Waals surface area contributed by atoms with Crippen LogP contribution in [0.2, 0.25) is 0 Å². The molecule has 1 amide bonds. The molecule has 0 unspecified atom stereocenters. The van der Waals surface area contributed by atoms with Crippen molar-refractivity contribution < 1.29 is 9.90 Å². The Kier molecular flexibility index (Phi) is 5.49. The molecule has 0 atom stereocenters. The van der Waals surface area contributed by atoms with Gasteiger partial charge in [0.1, 0.15) is 5.69 Å². The maximum Gasteiger partial charge on any atom is 0.268 e. The van der Waals surface area contributed by atoms with E-state index in [1.165, 1.54) is 6.42 Å².